The number of halogens is 1. The van der Waals surface area contributed by atoms with E-state index in [2.05, 4.69) is 35.6 Å². The summed E-state index contributed by atoms with van der Waals surface area (Å²) in [5.41, 5.74) is 2.50. The number of hydrogen-bond donors (Lipinski definition) is 1. The molecule has 2 rings (SSSR count). The Morgan fingerprint density at radius 1 is 0.895 bits per heavy atom. The van der Waals surface area contributed by atoms with Gasteiger partial charge in [0.2, 0.25) is 0 Å². The van der Waals surface area contributed by atoms with Crippen molar-refractivity contribution in [2.24, 2.45) is 0 Å². The number of rotatable bonds is 6. The summed E-state index contributed by atoms with van der Waals surface area (Å²) in [6, 6.07) is 18.6. The van der Waals surface area contributed by atoms with E-state index in [1.54, 1.807) is 0 Å². The highest BCUT2D eigenvalue weighted by atomic mass is 35.5. The lowest BCUT2D eigenvalue weighted by molar-refractivity contribution is 0.335. The molecule has 0 spiro atoms. The van der Waals surface area contributed by atoms with Crippen molar-refractivity contribution in [3.8, 4) is 5.75 Å². The SMILES string of the molecule is CCOc1ccccc1CNCc1ccccc1.Cl. The van der Waals surface area contributed by atoms with Crippen molar-refractivity contribution in [3.05, 3.63) is 65.7 Å². The molecule has 0 bridgehead atoms. The van der Waals surface area contributed by atoms with Crippen LogP contribution < -0.4 is 10.1 Å². The summed E-state index contributed by atoms with van der Waals surface area (Å²) in [4.78, 5) is 0. The molecule has 2 nitrogen and oxygen atoms in total. The predicted molar refractivity (Wildman–Crippen MR) is 81.8 cm³/mol. The molecule has 0 radical (unpaired) electrons. The lowest BCUT2D eigenvalue weighted by Gasteiger charge is -2.10. The molecule has 0 unspecified atom stereocenters. The second kappa shape index (κ2) is 8.57. The van der Waals surface area contributed by atoms with Crippen LogP contribution in [0.15, 0.2) is 54.6 Å². The Morgan fingerprint density at radius 2 is 1.58 bits per heavy atom. The van der Waals surface area contributed by atoms with Crippen molar-refractivity contribution in [2.45, 2.75) is 20.0 Å². The molecular weight excluding hydrogens is 258 g/mol. The van der Waals surface area contributed by atoms with Gasteiger partial charge >= 0.3 is 0 Å². The number of ether oxygens (including phenoxy) is 1. The van der Waals surface area contributed by atoms with Gasteiger partial charge in [0.05, 0.1) is 6.61 Å². The Hall–Kier alpha value is -1.51. The molecule has 102 valence electrons. The van der Waals surface area contributed by atoms with E-state index in [1.165, 1.54) is 11.1 Å². The number of hydrogen-bond acceptors (Lipinski definition) is 2. The fraction of sp³-hybridized carbons (Fsp3) is 0.250. The zero-order chi connectivity index (χ0) is 12.6. The molecule has 0 atom stereocenters. The zero-order valence-electron chi connectivity index (χ0n) is 11.1. The summed E-state index contributed by atoms with van der Waals surface area (Å²) in [5.74, 6) is 0.973. The standard InChI is InChI=1S/C16H19NO.ClH/c1-2-18-16-11-7-6-10-15(16)13-17-12-14-8-4-3-5-9-14;/h3-11,17H,2,12-13H2,1H3;1H. The molecule has 2 aromatic carbocycles. The first-order chi connectivity index (χ1) is 8.90. The van der Waals surface area contributed by atoms with Gasteiger partial charge in [-0.3, -0.25) is 0 Å². The predicted octanol–water partition coefficient (Wildman–Crippen LogP) is 3.80. The average molecular weight is 278 g/mol. The molecule has 0 aromatic heterocycles. The minimum Gasteiger partial charge on any atom is -0.494 e. The Morgan fingerprint density at radius 3 is 2.32 bits per heavy atom. The third-order valence-electron chi connectivity index (χ3n) is 2.76. The minimum atomic E-state index is 0. The van der Waals surface area contributed by atoms with Crippen LogP contribution in [0.5, 0.6) is 5.75 Å². The molecule has 0 saturated carbocycles. The van der Waals surface area contributed by atoms with Crippen LogP contribution in [0.1, 0.15) is 18.1 Å². The van der Waals surface area contributed by atoms with Crippen molar-refractivity contribution >= 4 is 12.4 Å². The van der Waals surface area contributed by atoms with Crippen LogP contribution in [-0.4, -0.2) is 6.61 Å². The fourth-order valence-electron chi connectivity index (χ4n) is 1.88. The Balaban J connectivity index is 0.00000180. The number of nitrogens with one attached hydrogen (secondary N) is 1. The summed E-state index contributed by atoms with van der Waals surface area (Å²) in [6.07, 6.45) is 0. The van der Waals surface area contributed by atoms with Crippen molar-refractivity contribution in [3.63, 3.8) is 0 Å². The summed E-state index contributed by atoms with van der Waals surface area (Å²) < 4.78 is 5.60. The van der Waals surface area contributed by atoms with Crippen molar-refractivity contribution in [2.75, 3.05) is 6.61 Å². The Kier molecular flexibility index (Phi) is 7.01. The molecular formula is C16H20ClNO. The molecule has 0 aliphatic heterocycles. The Labute approximate surface area is 121 Å². The fourth-order valence-corrected chi connectivity index (χ4v) is 1.88. The summed E-state index contributed by atoms with van der Waals surface area (Å²) in [5, 5.41) is 3.44. The molecule has 0 aliphatic carbocycles. The van der Waals surface area contributed by atoms with Gasteiger partial charge in [-0.1, -0.05) is 48.5 Å². The maximum absolute atomic E-state index is 5.60. The first-order valence-electron chi connectivity index (χ1n) is 6.35. The molecule has 1 N–H and O–H groups in total. The van der Waals surface area contributed by atoms with Gasteiger partial charge in [0.25, 0.3) is 0 Å². The lowest BCUT2D eigenvalue weighted by Crippen LogP contribution is -2.13. The smallest absolute Gasteiger partial charge is 0.123 e. The molecule has 0 saturated heterocycles. The van der Waals surface area contributed by atoms with E-state index in [1.807, 2.05) is 31.2 Å². The first-order valence-corrected chi connectivity index (χ1v) is 6.35. The van der Waals surface area contributed by atoms with E-state index in [0.29, 0.717) is 6.61 Å². The summed E-state index contributed by atoms with van der Waals surface area (Å²) in [6.45, 7) is 4.41. The van der Waals surface area contributed by atoms with Crippen LogP contribution in [0.2, 0.25) is 0 Å². The van der Waals surface area contributed by atoms with E-state index in [0.717, 1.165) is 18.8 Å². The number of benzene rings is 2. The van der Waals surface area contributed by atoms with Crippen LogP contribution in [0, 0.1) is 0 Å². The molecule has 19 heavy (non-hydrogen) atoms. The molecule has 0 aliphatic rings. The third-order valence-corrected chi connectivity index (χ3v) is 2.76. The zero-order valence-corrected chi connectivity index (χ0v) is 12.0. The lowest BCUT2D eigenvalue weighted by atomic mass is 10.2. The van der Waals surface area contributed by atoms with Crippen LogP contribution in [0.25, 0.3) is 0 Å². The second-order valence-corrected chi connectivity index (χ2v) is 4.13. The van der Waals surface area contributed by atoms with Gasteiger partial charge in [-0.25, -0.2) is 0 Å². The molecule has 0 heterocycles. The highest BCUT2D eigenvalue weighted by Crippen LogP contribution is 2.17. The van der Waals surface area contributed by atoms with Crippen LogP contribution in [0.3, 0.4) is 0 Å². The monoisotopic (exact) mass is 277 g/mol. The second-order valence-electron chi connectivity index (χ2n) is 4.13. The van der Waals surface area contributed by atoms with Gasteiger partial charge in [0.1, 0.15) is 5.75 Å². The quantitative estimate of drug-likeness (QED) is 0.867. The molecule has 2 aromatic rings. The minimum absolute atomic E-state index is 0. The third kappa shape index (κ3) is 4.93. The van der Waals surface area contributed by atoms with E-state index < -0.39 is 0 Å². The van der Waals surface area contributed by atoms with Gasteiger partial charge in [-0.15, -0.1) is 12.4 Å². The maximum Gasteiger partial charge on any atom is 0.123 e. The van der Waals surface area contributed by atoms with Gasteiger partial charge in [0.15, 0.2) is 0 Å². The van der Waals surface area contributed by atoms with Gasteiger partial charge in [-0.2, -0.15) is 0 Å². The van der Waals surface area contributed by atoms with Crippen molar-refractivity contribution < 1.29 is 4.74 Å². The Bertz CT molecular complexity index is 473. The highest BCUT2D eigenvalue weighted by molar-refractivity contribution is 5.85. The van der Waals surface area contributed by atoms with E-state index >= 15 is 0 Å². The molecule has 0 amide bonds. The maximum atomic E-state index is 5.60. The van der Waals surface area contributed by atoms with E-state index in [9.17, 15) is 0 Å². The molecule has 3 heteroatoms. The summed E-state index contributed by atoms with van der Waals surface area (Å²) >= 11 is 0. The van der Waals surface area contributed by atoms with Gasteiger partial charge < -0.3 is 10.1 Å². The first kappa shape index (κ1) is 15.5. The van der Waals surface area contributed by atoms with Crippen molar-refractivity contribution in [1.29, 1.82) is 0 Å². The van der Waals surface area contributed by atoms with Crippen molar-refractivity contribution in [1.82, 2.24) is 5.32 Å². The van der Waals surface area contributed by atoms with E-state index in [4.69, 9.17) is 4.74 Å². The molecule has 0 fully saturated rings. The van der Waals surface area contributed by atoms with E-state index in [-0.39, 0.29) is 12.4 Å². The normalized spacial score (nSPS) is 9.74. The van der Waals surface area contributed by atoms with Crippen LogP contribution in [0.4, 0.5) is 0 Å². The highest BCUT2D eigenvalue weighted by Gasteiger charge is 2.01. The van der Waals surface area contributed by atoms with Crippen LogP contribution >= 0.6 is 12.4 Å². The van der Waals surface area contributed by atoms with Gasteiger partial charge in [-0.05, 0) is 18.6 Å². The average Bonchev–Trinajstić information content (AvgIpc) is 2.42. The largest absolute Gasteiger partial charge is 0.494 e. The van der Waals surface area contributed by atoms with Gasteiger partial charge in [0, 0.05) is 18.7 Å². The topological polar surface area (TPSA) is 21.3 Å². The van der Waals surface area contributed by atoms with Crippen LogP contribution in [-0.2, 0) is 13.1 Å². The summed E-state index contributed by atoms with van der Waals surface area (Å²) in [7, 11) is 0. The number of para-hydroxylation sites is 1.